The van der Waals surface area contributed by atoms with Crippen LogP contribution in [0, 0.1) is 0 Å². The zero-order valence-electron chi connectivity index (χ0n) is 14.7. The van der Waals surface area contributed by atoms with Gasteiger partial charge in [-0.2, -0.15) is 0 Å². The van der Waals surface area contributed by atoms with Gasteiger partial charge in [0.1, 0.15) is 12.7 Å². The second-order valence-electron chi connectivity index (χ2n) is 4.57. The molecule has 0 atom stereocenters. The van der Waals surface area contributed by atoms with Crippen LogP contribution in [-0.2, 0) is 4.74 Å². The van der Waals surface area contributed by atoms with Gasteiger partial charge in [0.2, 0.25) is 0 Å². The summed E-state index contributed by atoms with van der Waals surface area (Å²) in [5.41, 5.74) is 1.93. The van der Waals surface area contributed by atoms with Crippen LogP contribution in [-0.4, -0.2) is 44.1 Å². The average Bonchev–Trinajstić information content (AvgIpc) is 3.34. The number of aromatic nitrogens is 4. The Labute approximate surface area is 162 Å². The van der Waals surface area contributed by atoms with E-state index < -0.39 is 5.97 Å². The van der Waals surface area contributed by atoms with E-state index in [4.69, 9.17) is 5.11 Å². The summed E-state index contributed by atoms with van der Waals surface area (Å²) in [6.45, 7) is 4.00. The Hall–Kier alpha value is -2.98. The molecule has 0 amide bonds. The molecule has 140 valence electrons. The molecule has 0 aromatic carbocycles. The Morgan fingerprint density at radius 1 is 0.926 bits per heavy atom. The zero-order valence-corrected chi connectivity index (χ0v) is 16.4. The van der Waals surface area contributed by atoms with Gasteiger partial charge in [-0.1, -0.05) is 13.8 Å². The number of fused-ring (bicyclic) bond motifs is 2. The summed E-state index contributed by atoms with van der Waals surface area (Å²) in [6, 6.07) is 0. The lowest BCUT2D eigenvalue weighted by Crippen LogP contribution is -2.00. The molecule has 8 nitrogen and oxygen atoms in total. The average molecular weight is 404 g/mol. The Morgan fingerprint density at radius 2 is 1.41 bits per heavy atom. The maximum Gasteiger partial charge on any atom is 0.340 e. The van der Waals surface area contributed by atoms with Crippen molar-refractivity contribution >= 4 is 55.0 Å². The fourth-order valence-corrected chi connectivity index (χ4v) is 3.68. The van der Waals surface area contributed by atoms with Gasteiger partial charge < -0.3 is 9.84 Å². The highest BCUT2D eigenvalue weighted by Crippen LogP contribution is 2.23. The third kappa shape index (κ3) is 4.60. The number of carboxylic acids is 1. The van der Waals surface area contributed by atoms with Crippen molar-refractivity contribution in [3.8, 4) is 0 Å². The number of aromatic carboxylic acids is 1. The lowest BCUT2D eigenvalue weighted by molar-refractivity contribution is 0.0602. The van der Waals surface area contributed by atoms with Crippen molar-refractivity contribution in [2.45, 2.75) is 13.8 Å². The number of carboxylic acid groups (broad SMARTS) is 1. The molecule has 0 saturated carbocycles. The number of thiophene rings is 2. The molecule has 10 heteroatoms. The normalized spacial score (nSPS) is 9.74. The summed E-state index contributed by atoms with van der Waals surface area (Å²) in [5, 5.41) is 12.0. The predicted molar refractivity (Wildman–Crippen MR) is 104 cm³/mol. The van der Waals surface area contributed by atoms with Gasteiger partial charge in [0.15, 0.2) is 0 Å². The molecule has 1 N–H and O–H groups in total. The van der Waals surface area contributed by atoms with Crippen LogP contribution >= 0.6 is 22.7 Å². The number of hydrogen-bond acceptors (Lipinski definition) is 9. The Bertz CT molecular complexity index is 1060. The molecule has 4 rings (SSSR count). The van der Waals surface area contributed by atoms with Crippen molar-refractivity contribution in [1.82, 2.24) is 19.9 Å². The zero-order chi connectivity index (χ0) is 19.8. The topological polar surface area (TPSA) is 115 Å². The fraction of sp³-hybridized carbons (Fsp3) is 0.176. The third-order valence-corrected chi connectivity index (χ3v) is 4.92. The number of ether oxygens (including phenoxy) is 1. The molecule has 27 heavy (non-hydrogen) atoms. The van der Waals surface area contributed by atoms with Crippen molar-refractivity contribution in [2.75, 3.05) is 7.11 Å². The minimum atomic E-state index is -0.944. The Balaban J connectivity index is 0.000000178. The number of carbonyl (C=O) groups is 2. The Kier molecular flexibility index (Phi) is 7.26. The molecule has 0 saturated heterocycles. The van der Waals surface area contributed by atoms with Gasteiger partial charge in [-0.25, -0.2) is 29.5 Å². The van der Waals surface area contributed by atoms with Gasteiger partial charge in [0.05, 0.1) is 38.7 Å². The first-order valence-corrected chi connectivity index (χ1v) is 9.53. The number of methoxy groups -OCH3 is 1. The van der Waals surface area contributed by atoms with Gasteiger partial charge in [-0.3, -0.25) is 0 Å². The third-order valence-electron chi connectivity index (χ3n) is 3.11. The number of rotatable bonds is 2. The molecule has 0 fully saturated rings. The standard InChI is InChI=1S/C8H6N2O2S.C7H4N2O2S.C2H6/c1-12-8(11)5-3-13-6-2-9-4-10-7(5)6;10-7(11)4-2-12-5-1-8-3-9-6(4)5;1-2/h2-4H,1H3;1-3H,(H,10,11);1-2H3. The molecule has 4 heterocycles. The molecule has 0 aliphatic heterocycles. The van der Waals surface area contributed by atoms with E-state index in [0.29, 0.717) is 16.6 Å². The van der Waals surface area contributed by atoms with Gasteiger partial charge >= 0.3 is 11.9 Å². The highest BCUT2D eigenvalue weighted by Gasteiger charge is 2.13. The molecule has 4 aromatic rings. The van der Waals surface area contributed by atoms with Crippen molar-refractivity contribution in [3.05, 3.63) is 46.9 Å². The molecule has 0 radical (unpaired) electrons. The summed E-state index contributed by atoms with van der Waals surface area (Å²) >= 11 is 2.77. The molecule has 0 bridgehead atoms. The second-order valence-corrected chi connectivity index (χ2v) is 6.39. The maximum atomic E-state index is 11.2. The fourth-order valence-electron chi connectivity index (χ4n) is 1.97. The van der Waals surface area contributed by atoms with E-state index in [1.807, 2.05) is 13.8 Å². The van der Waals surface area contributed by atoms with Crippen LogP contribution < -0.4 is 0 Å². The predicted octanol–water partition coefficient (Wildman–Crippen LogP) is 3.89. The summed E-state index contributed by atoms with van der Waals surface area (Å²) in [7, 11) is 1.35. The van der Waals surface area contributed by atoms with Crippen LogP contribution in [0.1, 0.15) is 34.6 Å². The van der Waals surface area contributed by atoms with Crippen LogP contribution in [0.3, 0.4) is 0 Å². The SMILES string of the molecule is CC.COC(=O)c1csc2cncnc12.O=C(O)c1csc2cncnc12. The molecule has 0 aliphatic carbocycles. The smallest absolute Gasteiger partial charge is 0.340 e. The summed E-state index contributed by atoms with van der Waals surface area (Å²) in [6.07, 6.45) is 6.06. The van der Waals surface area contributed by atoms with Crippen LogP contribution in [0.2, 0.25) is 0 Å². The number of carbonyl (C=O) groups excluding carboxylic acids is 1. The lowest BCUT2D eigenvalue weighted by atomic mass is 10.3. The number of hydrogen-bond donors (Lipinski definition) is 1. The molecular weight excluding hydrogens is 388 g/mol. The monoisotopic (exact) mass is 404 g/mol. The van der Waals surface area contributed by atoms with Gasteiger partial charge in [0, 0.05) is 23.2 Å². The molecule has 0 spiro atoms. The summed E-state index contributed by atoms with van der Waals surface area (Å²) in [4.78, 5) is 37.4. The second kappa shape index (κ2) is 9.64. The van der Waals surface area contributed by atoms with Crippen LogP contribution in [0.25, 0.3) is 20.4 Å². The summed E-state index contributed by atoms with van der Waals surface area (Å²) < 4.78 is 6.30. The highest BCUT2D eigenvalue weighted by molar-refractivity contribution is 7.17. The minimum Gasteiger partial charge on any atom is -0.478 e. The number of nitrogens with zero attached hydrogens (tertiary/aromatic N) is 4. The van der Waals surface area contributed by atoms with E-state index in [0.717, 1.165) is 9.40 Å². The van der Waals surface area contributed by atoms with Crippen LogP contribution in [0.5, 0.6) is 0 Å². The van der Waals surface area contributed by atoms with Crippen LogP contribution in [0.15, 0.2) is 35.8 Å². The van der Waals surface area contributed by atoms with E-state index in [-0.39, 0.29) is 11.5 Å². The van der Waals surface area contributed by atoms with E-state index in [9.17, 15) is 9.59 Å². The minimum absolute atomic E-state index is 0.248. The molecule has 4 aromatic heterocycles. The van der Waals surface area contributed by atoms with Crippen molar-refractivity contribution in [2.24, 2.45) is 0 Å². The first-order valence-electron chi connectivity index (χ1n) is 7.77. The first kappa shape index (κ1) is 20.3. The van der Waals surface area contributed by atoms with Gasteiger partial charge in [0.25, 0.3) is 0 Å². The molecule has 0 unspecified atom stereocenters. The van der Waals surface area contributed by atoms with Crippen molar-refractivity contribution in [1.29, 1.82) is 0 Å². The van der Waals surface area contributed by atoms with E-state index in [2.05, 4.69) is 24.7 Å². The maximum absolute atomic E-state index is 11.2. The quantitative estimate of drug-likeness (QED) is 0.500. The van der Waals surface area contributed by atoms with Gasteiger partial charge in [-0.15, -0.1) is 22.7 Å². The summed E-state index contributed by atoms with van der Waals surface area (Å²) in [5.74, 6) is -1.30. The van der Waals surface area contributed by atoms with E-state index in [1.54, 1.807) is 23.2 Å². The Morgan fingerprint density at radius 3 is 1.89 bits per heavy atom. The first-order chi connectivity index (χ1) is 13.1. The largest absolute Gasteiger partial charge is 0.478 e. The molecule has 0 aliphatic rings. The van der Waals surface area contributed by atoms with Gasteiger partial charge in [-0.05, 0) is 0 Å². The van der Waals surface area contributed by atoms with Crippen molar-refractivity contribution in [3.63, 3.8) is 0 Å². The van der Waals surface area contributed by atoms with Crippen molar-refractivity contribution < 1.29 is 19.4 Å². The van der Waals surface area contributed by atoms with E-state index >= 15 is 0 Å². The van der Waals surface area contributed by atoms with Crippen LogP contribution in [0.4, 0.5) is 0 Å². The lowest BCUT2D eigenvalue weighted by Gasteiger charge is -1.94. The number of esters is 1. The highest BCUT2D eigenvalue weighted by atomic mass is 32.1. The molecular formula is C17H16N4O4S2. The van der Waals surface area contributed by atoms with E-state index in [1.165, 1.54) is 42.4 Å².